The summed E-state index contributed by atoms with van der Waals surface area (Å²) < 4.78 is 5.86. The molecule has 0 aromatic carbocycles. The third kappa shape index (κ3) is 5.17. The topological polar surface area (TPSA) is 15.7 Å². The quantitative estimate of drug-likeness (QED) is 0.768. The van der Waals surface area contributed by atoms with E-state index in [2.05, 4.69) is 42.3 Å². The van der Waals surface area contributed by atoms with Gasteiger partial charge in [-0.3, -0.25) is 4.90 Å². The first-order valence-electron chi connectivity index (χ1n) is 7.72. The summed E-state index contributed by atoms with van der Waals surface area (Å²) >= 11 is 1.89. The van der Waals surface area contributed by atoms with E-state index in [1.807, 2.05) is 11.3 Å². The van der Waals surface area contributed by atoms with E-state index in [0.29, 0.717) is 6.10 Å². The van der Waals surface area contributed by atoms with Crippen LogP contribution in [0.3, 0.4) is 0 Å². The van der Waals surface area contributed by atoms with Gasteiger partial charge in [0.15, 0.2) is 0 Å². The summed E-state index contributed by atoms with van der Waals surface area (Å²) in [5.41, 5.74) is 1.43. The number of nitrogens with zero attached hydrogens (tertiary/aromatic N) is 2. The molecule has 4 heteroatoms. The van der Waals surface area contributed by atoms with E-state index in [-0.39, 0.29) is 0 Å². The van der Waals surface area contributed by atoms with Crippen molar-refractivity contribution in [2.75, 3.05) is 33.8 Å². The summed E-state index contributed by atoms with van der Waals surface area (Å²) in [4.78, 5) is 6.21. The molecule has 1 aliphatic heterocycles. The van der Waals surface area contributed by atoms with Crippen LogP contribution in [-0.4, -0.2) is 49.7 Å². The van der Waals surface area contributed by atoms with E-state index in [4.69, 9.17) is 4.74 Å². The van der Waals surface area contributed by atoms with Crippen molar-refractivity contribution < 1.29 is 4.74 Å². The predicted octanol–water partition coefficient (Wildman–Crippen LogP) is 3.20. The number of hydrogen-bond donors (Lipinski definition) is 0. The highest BCUT2D eigenvalue weighted by atomic mass is 32.1. The molecule has 1 fully saturated rings. The molecule has 0 radical (unpaired) electrons. The molecule has 1 atom stereocenters. The number of ether oxygens (including phenoxy) is 1. The molecule has 1 saturated heterocycles. The first-order valence-corrected chi connectivity index (χ1v) is 8.60. The molecule has 0 spiro atoms. The van der Waals surface area contributed by atoms with Crippen molar-refractivity contribution in [2.45, 2.75) is 45.4 Å². The van der Waals surface area contributed by atoms with Crippen molar-refractivity contribution in [1.29, 1.82) is 0 Å². The van der Waals surface area contributed by atoms with Gasteiger partial charge < -0.3 is 9.64 Å². The molecule has 1 unspecified atom stereocenters. The van der Waals surface area contributed by atoms with Gasteiger partial charge in [0, 0.05) is 31.1 Å². The van der Waals surface area contributed by atoms with Crippen LogP contribution >= 0.6 is 11.3 Å². The minimum atomic E-state index is 0.449. The Morgan fingerprint density at radius 3 is 2.80 bits per heavy atom. The minimum Gasteiger partial charge on any atom is -0.377 e. The normalized spacial score (nSPS) is 19.9. The van der Waals surface area contributed by atoms with Crippen LogP contribution in [0.5, 0.6) is 0 Å². The van der Waals surface area contributed by atoms with Crippen molar-refractivity contribution in [1.82, 2.24) is 9.80 Å². The smallest absolute Gasteiger partial charge is 0.0702 e. The average molecular weight is 296 g/mol. The van der Waals surface area contributed by atoms with Crippen LogP contribution < -0.4 is 0 Å². The van der Waals surface area contributed by atoms with E-state index in [1.165, 1.54) is 29.7 Å². The molecule has 3 nitrogen and oxygen atoms in total. The predicted molar refractivity (Wildman–Crippen MR) is 86.3 cm³/mol. The van der Waals surface area contributed by atoms with Crippen LogP contribution in [0.15, 0.2) is 11.4 Å². The van der Waals surface area contributed by atoms with E-state index < -0.39 is 0 Å². The lowest BCUT2D eigenvalue weighted by molar-refractivity contribution is -0.00608. The maximum absolute atomic E-state index is 5.86. The second-order valence-corrected chi connectivity index (χ2v) is 6.97. The molecule has 20 heavy (non-hydrogen) atoms. The van der Waals surface area contributed by atoms with Gasteiger partial charge in [0.05, 0.1) is 6.10 Å². The van der Waals surface area contributed by atoms with Gasteiger partial charge in [0.25, 0.3) is 0 Å². The Labute approximate surface area is 127 Å². The zero-order chi connectivity index (χ0) is 14.4. The fraction of sp³-hybridized carbons (Fsp3) is 0.750. The highest BCUT2D eigenvalue weighted by Crippen LogP contribution is 2.19. The lowest BCUT2D eigenvalue weighted by Gasteiger charge is -2.28. The summed E-state index contributed by atoms with van der Waals surface area (Å²) in [6.45, 7) is 7.48. The summed E-state index contributed by atoms with van der Waals surface area (Å²) in [6, 6.07) is 2.36. The number of hydrogen-bond acceptors (Lipinski definition) is 4. The van der Waals surface area contributed by atoms with Crippen LogP contribution in [0.1, 0.15) is 36.6 Å². The van der Waals surface area contributed by atoms with Gasteiger partial charge in [-0.2, -0.15) is 0 Å². The Kier molecular flexibility index (Phi) is 6.49. The Hall–Kier alpha value is -0.420. The molecule has 0 bridgehead atoms. The van der Waals surface area contributed by atoms with E-state index >= 15 is 0 Å². The third-order valence-corrected chi connectivity index (χ3v) is 4.74. The molecule has 1 aliphatic rings. The van der Waals surface area contributed by atoms with Gasteiger partial charge in [-0.25, -0.2) is 0 Å². The van der Waals surface area contributed by atoms with Gasteiger partial charge in [-0.1, -0.05) is 6.92 Å². The molecule has 2 heterocycles. The number of thiophene rings is 1. The standard InChI is InChI=1S/C16H28N2OS/c1-4-18(11-15-7-5-6-8-19-15)12-16-9-14(13-20-16)10-17(2)3/h9,13,15H,4-8,10-12H2,1-3H3. The Balaban J connectivity index is 1.83. The van der Waals surface area contributed by atoms with E-state index in [9.17, 15) is 0 Å². The van der Waals surface area contributed by atoms with E-state index in [0.717, 1.165) is 32.8 Å². The minimum absolute atomic E-state index is 0.449. The Morgan fingerprint density at radius 2 is 2.15 bits per heavy atom. The summed E-state index contributed by atoms with van der Waals surface area (Å²) in [5.74, 6) is 0. The highest BCUT2D eigenvalue weighted by Gasteiger charge is 2.17. The second-order valence-electron chi connectivity index (χ2n) is 5.98. The number of likely N-dealkylation sites (N-methyl/N-ethyl adjacent to an activating group) is 1. The van der Waals surface area contributed by atoms with Crippen LogP contribution in [0.25, 0.3) is 0 Å². The number of rotatable bonds is 7. The monoisotopic (exact) mass is 296 g/mol. The van der Waals surface area contributed by atoms with Gasteiger partial charge in [-0.05, 0) is 56.9 Å². The van der Waals surface area contributed by atoms with Gasteiger partial charge in [0.2, 0.25) is 0 Å². The van der Waals surface area contributed by atoms with Crippen molar-refractivity contribution >= 4 is 11.3 Å². The Morgan fingerprint density at radius 1 is 1.30 bits per heavy atom. The van der Waals surface area contributed by atoms with Crippen molar-refractivity contribution in [3.05, 3.63) is 21.9 Å². The van der Waals surface area contributed by atoms with Crippen molar-refractivity contribution in [2.24, 2.45) is 0 Å². The molecule has 114 valence electrons. The van der Waals surface area contributed by atoms with Gasteiger partial charge in [0.1, 0.15) is 0 Å². The fourth-order valence-corrected chi connectivity index (χ4v) is 3.64. The van der Waals surface area contributed by atoms with Crippen LogP contribution in [0.2, 0.25) is 0 Å². The lowest BCUT2D eigenvalue weighted by Crippen LogP contribution is -2.35. The van der Waals surface area contributed by atoms with Crippen molar-refractivity contribution in [3.63, 3.8) is 0 Å². The average Bonchev–Trinajstić information content (AvgIpc) is 2.85. The van der Waals surface area contributed by atoms with E-state index in [1.54, 1.807) is 0 Å². The fourth-order valence-electron chi connectivity index (χ4n) is 2.72. The molecule has 0 N–H and O–H groups in total. The maximum Gasteiger partial charge on any atom is 0.0702 e. The molecular formula is C16H28N2OS. The third-order valence-electron chi connectivity index (χ3n) is 3.77. The second kappa shape index (κ2) is 8.13. The largest absolute Gasteiger partial charge is 0.377 e. The van der Waals surface area contributed by atoms with Crippen LogP contribution in [-0.2, 0) is 17.8 Å². The van der Waals surface area contributed by atoms with Gasteiger partial charge in [-0.15, -0.1) is 11.3 Å². The van der Waals surface area contributed by atoms with Crippen molar-refractivity contribution in [3.8, 4) is 0 Å². The van der Waals surface area contributed by atoms with Crippen LogP contribution in [0, 0.1) is 0 Å². The molecule has 0 aliphatic carbocycles. The zero-order valence-electron chi connectivity index (χ0n) is 13.1. The SMILES string of the molecule is CCN(Cc1cc(CN(C)C)cs1)CC1CCCCO1. The van der Waals surface area contributed by atoms with Gasteiger partial charge >= 0.3 is 0 Å². The summed E-state index contributed by atoms with van der Waals surface area (Å²) in [6.07, 6.45) is 4.24. The molecule has 0 saturated carbocycles. The zero-order valence-corrected chi connectivity index (χ0v) is 13.9. The summed E-state index contributed by atoms with van der Waals surface area (Å²) in [5, 5.41) is 2.29. The lowest BCUT2D eigenvalue weighted by atomic mass is 10.1. The maximum atomic E-state index is 5.86. The molecule has 0 amide bonds. The first kappa shape index (κ1) is 16.0. The highest BCUT2D eigenvalue weighted by molar-refractivity contribution is 7.10. The first-order chi connectivity index (χ1) is 9.67. The molecule has 1 aromatic heterocycles. The summed E-state index contributed by atoms with van der Waals surface area (Å²) in [7, 11) is 4.24. The molecular weight excluding hydrogens is 268 g/mol. The Bertz CT molecular complexity index is 386. The molecule has 2 rings (SSSR count). The van der Waals surface area contributed by atoms with Crippen LogP contribution in [0.4, 0.5) is 0 Å². The molecule has 1 aromatic rings.